The first-order valence-electron chi connectivity index (χ1n) is 8.98. The van der Waals surface area contributed by atoms with Crippen molar-refractivity contribution in [2.75, 3.05) is 13.7 Å². The fraction of sp³-hybridized carbons (Fsp3) is 0.600. The van der Waals surface area contributed by atoms with Crippen LogP contribution < -0.4 is 5.32 Å². The maximum atomic E-state index is 12.5. The molecule has 1 aromatic rings. The highest BCUT2D eigenvalue weighted by molar-refractivity contribution is 5.94. The largest absolute Gasteiger partial charge is 0.376 e. The standard InChI is InChI=1S/C20H24N2O2/c1-24-20(17-7-14-5-15(9-17)10-18(20)8-14)12-22-19(23)16-4-2-3-13(6-16)11-21/h2-4,6,14-15,17-18H,5,7-10,12H2,1H3,(H,22,23). The van der Waals surface area contributed by atoms with E-state index in [9.17, 15) is 4.79 Å². The van der Waals surface area contributed by atoms with Crippen LogP contribution in [0.3, 0.4) is 0 Å². The molecule has 24 heavy (non-hydrogen) atoms. The second-order valence-corrected chi connectivity index (χ2v) is 7.84. The molecule has 0 aromatic heterocycles. The number of methoxy groups -OCH3 is 1. The van der Waals surface area contributed by atoms with Crippen molar-refractivity contribution in [3.63, 3.8) is 0 Å². The summed E-state index contributed by atoms with van der Waals surface area (Å²) in [5.74, 6) is 2.78. The second kappa shape index (κ2) is 5.89. The molecule has 0 unspecified atom stereocenters. The van der Waals surface area contributed by atoms with E-state index in [0.29, 0.717) is 29.5 Å². The van der Waals surface area contributed by atoms with Crippen molar-refractivity contribution in [1.82, 2.24) is 5.32 Å². The quantitative estimate of drug-likeness (QED) is 0.925. The molecule has 0 saturated heterocycles. The molecule has 1 N–H and O–H groups in total. The fourth-order valence-electron chi connectivity index (χ4n) is 5.73. The van der Waals surface area contributed by atoms with Gasteiger partial charge in [0.05, 0.1) is 17.2 Å². The van der Waals surface area contributed by atoms with Crippen LogP contribution in [0.25, 0.3) is 0 Å². The van der Waals surface area contributed by atoms with Crippen molar-refractivity contribution in [2.24, 2.45) is 23.7 Å². The monoisotopic (exact) mass is 324 g/mol. The minimum atomic E-state index is -0.198. The second-order valence-electron chi connectivity index (χ2n) is 7.84. The molecule has 4 saturated carbocycles. The third kappa shape index (κ3) is 2.43. The number of hydrogen-bond donors (Lipinski definition) is 1. The van der Waals surface area contributed by atoms with Crippen LogP contribution in [-0.4, -0.2) is 25.2 Å². The molecule has 1 amide bonds. The van der Waals surface area contributed by atoms with Gasteiger partial charge < -0.3 is 10.1 Å². The minimum Gasteiger partial charge on any atom is -0.376 e. The van der Waals surface area contributed by atoms with Gasteiger partial charge in [0, 0.05) is 19.2 Å². The summed E-state index contributed by atoms with van der Waals surface area (Å²) in [5, 5.41) is 12.1. The van der Waals surface area contributed by atoms with Crippen molar-refractivity contribution in [3.05, 3.63) is 35.4 Å². The molecule has 0 atom stereocenters. The number of rotatable bonds is 4. The first kappa shape index (κ1) is 15.7. The average Bonchev–Trinajstić information content (AvgIpc) is 2.61. The van der Waals surface area contributed by atoms with Crippen molar-refractivity contribution < 1.29 is 9.53 Å². The van der Waals surface area contributed by atoms with E-state index in [1.807, 2.05) is 7.11 Å². The number of benzene rings is 1. The predicted octanol–water partition coefficient (Wildman–Crippen LogP) is 3.13. The van der Waals surface area contributed by atoms with Crippen LogP contribution in [0.4, 0.5) is 0 Å². The summed E-state index contributed by atoms with van der Waals surface area (Å²) in [4.78, 5) is 12.5. The molecule has 0 spiro atoms. The number of carbonyl (C=O) groups excluding carboxylic acids is 1. The predicted molar refractivity (Wildman–Crippen MR) is 90.3 cm³/mol. The Labute approximate surface area is 143 Å². The van der Waals surface area contributed by atoms with Gasteiger partial charge in [-0.25, -0.2) is 0 Å². The van der Waals surface area contributed by atoms with Gasteiger partial charge in [-0.2, -0.15) is 5.26 Å². The number of nitriles is 1. The van der Waals surface area contributed by atoms with Crippen LogP contribution in [0, 0.1) is 35.0 Å². The number of ether oxygens (including phenoxy) is 1. The van der Waals surface area contributed by atoms with Crippen LogP contribution in [-0.2, 0) is 4.74 Å². The lowest BCUT2D eigenvalue weighted by atomic mass is 9.49. The van der Waals surface area contributed by atoms with Crippen LogP contribution in [0.2, 0.25) is 0 Å². The zero-order valence-electron chi connectivity index (χ0n) is 14.1. The first-order valence-corrected chi connectivity index (χ1v) is 8.98. The van der Waals surface area contributed by atoms with Gasteiger partial charge in [-0.15, -0.1) is 0 Å². The number of carbonyl (C=O) groups is 1. The van der Waals surface area contributed by atoms with Crippen LogP contribution in [0.1, 0.15) is 48.0 Å². The van der Waals surface area contributed by atoms with Crippen molar-refractivity contribution in [2.45, 2.75) is 37.7 Å². The van der Waals surface area contributed by atoms with Crippen LogP contribution in [0.5, 0.6) is 0 Å². The van der Waals surface area contributed by atoms with E-state index < -0.39 is 0 Å². The molecule has 4 heteroatoms. The molecule has 0 heterocycles. The summed E-state index contributed by atoms with van der Waals surface area (Å²) in [6.45, 7) is 0.577. The van der Waals surface area contributed by atoms with Gasteiger partial charge in [-0.3, -0.25) is 4.79 Å². The zero-order valence-corrected chi connectivity index (χ0v) is 14.1. The van der Waals surface area contributed by atoms with Gasteiger partial charge in [-0.1, -0.05) is 6.07 Å². The van der Waals surface area contributed by atoms with E-state index >= 15 is 0 Å². The van der Waals surface area contributed by atoms with Gasteiger partial charge in [0.15, 0.2) is 0 Å². The Balaban J connectivity index is 1.49. The number of nitrogens with zero attached hydrogens (tertiary/aromatic N) is 1. The van der Waals surface area contributed by atoms with E-state index in [1.54, 1.807) is 24.3 Å². The van der Waals surface area contributed by atoms with Crippen molar-refractivity contribution >= 4 is 5.91 Å². The molecule has 4 fully saturated rings. The Morgan fingerprint density at radius 2 is 1.92 bits per heavy atom. The van der Waals surface area contributed by atoms with E-state index in [1.165, 1.54) is 32.1 Å². The molecule has 0 radical (unpaired) electrons. The molecule has 4 aliphatic rings. The summed E-state index contributed by atoms with van der Waals surface area (Å²) in [7, 11) is 1.81. The smallest absolute Gasteiger partial charge is 0.251 e. The molecule has 1 aromatic carbocycles. The fourth-order valence-corrected chi connectivity index (χ4v) is 5.73. The van der Waals surface area contributed by atoms with Crippen LogP contribution >= 0.6 is 0 Å². The number of amides is 1. The molecule has 4 aliphatic carbocycles. The third-order valence-electron chi connectivity index (χ3n) is 6.68. The Morgan fingerprint density at radius 3 is 2.50 bits per heavy atom. The Kier molecular flexibility index (Phi) is 3.85. The lowest BCUT2D eigenvalue weighted by molar-refractivity contribution is -0.186. The Hall–Kier alpha value is -1.86. The normalized spacial score (nSPS) is 36.3. The van der Waals surface area contributed by atoms with Gasteiger partial charge in [-0.05, 0) is 74.0 Å². The lowest BCUT2D eigenvalue weighted by Crippen LogP contribution is -2.63. The lowest BCUT2D eigenvalue weighted by Gasteiger charge is -2.60. The van der Waals surface area contributed by atoms with E-state index in [4.69, 9.17) is 10.00 Å². The Bertz CT molecular complexity index is 663. The van der Waals surface area contributed by atoms with E-state index in [-0.39, 0.29) is 11.5 Å². The average molecular weight is 324 g/mol. The molecular formula is C20H24N2O2. The topological polar surface area (TPSA) is 62.1 Å². The summed E-state index contributed by atoms with van der Waals surface area (Å²) in [5.41, 5.74) is 0.860. The molecular weight excluding hydrogens is 300 g/mol. The minimum absolute atomic E-state index is 0.114. The summed E-state index contributed by atoms with van der Waals surface area (Å²) >= 11 is 0. The first-order chi connectivity index (χ1) is 11.6. The molecule has 4 nitrogen and oxygen atoms in total. The highest BCUT2D eigenvalue weighted by Gasteiger charge is 2.57. The van der Waals surface area contributed by atoms with Crippen molar-refractivity contribution in [1.29, 1.82) is 5.26 Å². The van der Waals surface area contributed by atoms with Gasteiger partial charge in [0.2, 0.25) is 0 Å². The molecule has 4 bridgehead atoms. The highest BCUT2D eigenvalue weighted by atomic mass is 16.5. The maximum absolute atomic E-state index is 12.5. The number of hydrogen-bond acceptors (Lipinski definition) is 3. The highest BCUT2D eigenvalue weighted by Crippen LogP contribution is 2.59. The zero-order chi connectivity index (χ0) is 16.7. The van der Waals surface area contributed by atoms with Gasteiger partial charge >= 0.3 is 0 Å². The maximum Gasteiger partial charge on any atom is 0.251 e. The summed E-state index contributed by atoms with van der Waals surface area (Å²) in [6.07, 6.45) is 6.41. The molecule has 126 valence electrons. The molecule has 5 rings (SSSR count). The SMILES string of the molecule is COC1(CNC(=O)c2cccc(C#N)c2)C2CC3CC(C2)CC1C3. The Morgan fingerprint density at radius 1 is 1.25 bits per heavy atom. The number of nitrogens with one attached hydrogen (secondary N) is 1. The summed E-state index contributed by atoms with van der Waals surface area (Å²) in [6, 6.07) is 8.95. The van der Waals surface area contributed by atoms with Crippen molar-refractivity contribution in [3.8, 4) is 6.07 Å². The van der Waals surface area contributed by atoms with E-state index in [0.717, 1.165) is 11.8 Å². The van der Waals surface area contributed by atoms with Gasteiger partial charge in [0.25, 0.3) is 5.91 Å². The molecule has 0 aliphatic heterocycles. The van der Waals surface area contributed by atoms with Gasteiger partial charge in [0.1, 0.15) is 0 Å². The third-order valence-corrected chi connectivity index (χ3v) is 6.68. The summed E-state index contributed by atoms with van der Waals surface area (Å²) < 4.78 is 6.08. The van der Waals surface area contributed by atoms with Crippen LogP contribution in [0.15, 0.2) is 24.3 Å². The van der Waals surface area contributed by atoms with E-state index in [2.05, 4.69) is 11.4 Å².